The van der Waals surface area contributed by atoms with Crippen molar-refractivity contribution in [1.82, 2.24) is 10.3 Å². The molecule has 0 aliphatic carbocycles. The second-order valence-electron chi connectivity index (χ2n) is 7.95. The van der Waals surface area contributed by atoms with Gasteiger partial charge in [-0.15, -0.1) is 0 Å². The number of amidine groups is 1. The Balaban J connectivity index is 1.65. The maximum absolute atomic E-state index is 6.15. The van der Waals surface area contributed by atoms with Gasteiger partial charge in [-0.25, -0.2) is 5.01 Å². The molecule has 0 aromatic heterocycles. The fourth-order valence-electron chi connectivity index (χ4n) is 4.11. The van der Waals surface area contributed by atoms with E-state index in [0.717, 1.165) is 61.0 Å². The summed E-state index contributed by atoms with van der Waals surface area (Å²) in [5.41, 5.74) is 4.47. The van der Waals surface area contributed by atoms with Crippen LogP contribution in [0.3, 0.4) is 0 Å². The predicted octanol–water partition coefficient (Wildman–Crippen LogP) is 3.25. The number of anilines is 2. The van der Waals surface area contributed by atoms with Crippen molar-refractivity contribution >= 4 is 28.8 Å². The Kier molecular flexibility index (Phi) is 6.06. The van der Waals surface area contributed by atoms with Crippen LogP contribution in [0.4, 0.5) is 11.4 Å². The minimum absolute atomic E-state index is 0.179. The molecule has 1 fully saturated rings. The topological polar surface area (TPSA) is 77.7 Å². The molecule has 0 saturated carbocycles. The number of nitrogens with one attached hydrogen (secondary N) is 3. The van der Waals surface area contributed by atoms with Crippen molar-refractivity contribution in [2.24, 2.45) is 10.8 Å². The van der Waals surface area contributed by atoms with Crippen molar-refractivity contribution in [2.75, 3.05) is 37.3 Å². The average Bonchev–Trinajstić information content (AvgIpc) is 2.71. The van der Waals surface area contributed by atoms with Gasteiger partial charge in [0.25, 0.3) is 0 Å². The van der Waals surface area contributed by atoms with Crippen LogP contribution in [-0.2, 0) is 13.0 Å². The molecule has 6 nitrogen and oxygen atoms in total. The van der Waals surface area contributed by atoms with Crippen LogP contribution in [0.5, 0.6) is 0 Å². The molecule has 7 heteroatoms. The van der Waals surface area contributed by atoms with Crippen LogP contribution in [0.2, 0.25) is 5.02 Å². The van der Waals surface area contributed by atoms with Crippen LogP contribution in [0.1, 0.15) is 24.0 Å². The van der Waals surface area contributed by atoms with Gasteiger partial charge in [-0.3, -0.25) is 10.8 Å². The highest BCUT2D eigenvalue weighted by Crippen LogP contribution is 2.38. The van der Waals surface area contributed by atoms with Gasteiger partial charge in [-0.1, -0.05) is 35.9 Å². The fourth-order valence-corrected chi connectivity index (χ4v) is 4.33. The summed E-state index contributed by atoms with van der Waals surface area (Å²) in [7, 11) is 1.90. The number of rotatable bonds is 5. The van der Waals surface area contributed by atoms with E-state index in [1.54, 1.807) is 5.01 Å². The predicted molar refractivity (Wildman–Crippen MR) is 122 cm³/mol. The van der Waals surface area contributed by atoms with Gasteiger partial charge in [0, 0.05) is 18.6 Å². The lowest BCUT2D eigenvalue weighted by Gasteiger charge is -2.44. The van der Waals surface area contributed by atoms with E-state index in [1.807, 2.05) is 25.2 Å². The van der Waals surface area contributed by atoms with Gasteiger partial charge >= 0.3 is 0 Å². The largest absolute Gasteiger partial charge is 0.371 e. The van der Waals surface area contributed by atoms with Crippen LogP contribution in [-0.4, -0.2) is 43.1 Å². The zero-order valence-electron chi connectivity index (χ0n) is 16.8. The van der Waals surface area contributed by atoms with Crippen molar-refractivity contribution in [3.8, 4) is 0 Å². The molecular weight excluding hydrogens is 384 g/mol. The number of piperidine rings is 1. The van der Waals surface area contributed by atoms with Gasteiger partial charge in [0.15, 0.2) is 0 Å². The Morgan fingerprint density at radius 1 is 1.17 bits per heavy atom. The molecule has 154 valence electrons. The Hall–Kier alpha value is -2.12. The van der Waals surface area contributed by atoms with Gasteiger partial charge in [-0.05, 0) is 61.7 Å². The molecule has 2 aromatic rings. The number of hydrogen-bond acceptors (Lipinski definition) is 5. The van der Waals surface area contributed by atoms with E-state index < -0.39 is 0 Å². The Morgan fingerprint density at radius 2 is 1.97 bits per heavy atom. The van der Waals surface area contributed by atoms with E-state index >= 15 is 0 Å². The molecule has 5 N–H and O–H groups in total. The summed E-state index contributed by atoms with van der Waals surface area (Å²) in [4.78, 5) is 5.00. The van der Waals surface area contributed by atoms with Crippen molar-refractivity contribution in [2.45, 2.75) is 31.3 Å². The molecule has 0 bridgehead atoms. The second kappa shape index (κ2) is 8.71. The third-order valence-electron chi connectivity index (χ3n) is 5.72. The second-order valence-corrected chi connectivity index (χ2v) is 8.38. The van der Waals surface area contributed by atoms with Crippen molar-refractivity contribution in [3.05, 3.63) is 58.6 Å². The fraction of sp³-hybridized carbons (Fsp3) is 0.409. The van der Waals surface area contributed by atoms with E-state index in [1.165, 1.54) is 11.3 Å². The zero-order valence-corrected chi connectivity index (χ0v) is 17.6. The first-order chi connectivity index (χ1) is 14.1. The third-order valence-corrected chi connectivity index (χ3v) is 5.96. The summed E-state index contributed by atoms with van der Waals surface area (Å²) in [5.74, 6) is 6.85. The summed E-state index contributed by atoms with van der Waals surface area (Å²) in [5, 5.41) is 13.5. The number of hydrogen-bond donors (Lipinski definition) is 4. The lowest BCUT2D eigenvalue weighted by Crippen LogP contribution is -2.58. The molecule has 1 spiro atoms. The molecule has 0 radical (unpaired) electrons. The SMILES string of the molecule is CN(N)CCc1cccc2c1NC1(CCNCC1)C(=NCc1cccc(Cl)c1)N2. The maximum Gasteiger partial charge on any atom is 0.127 e. The van der Waals surface area contributed by atoms with Crippen LogP contribution in [0.15, 0.2) is 47.5 Å². The summed E-state index contributed by atoms with van der Waals surface area (Å²) in [6, 6.07) is 14.3. The number of aliphatic imine (C=N–C) groups is 1. The quantitative estimate of drug-likeness (QED) is 0.448. The van der Waals surface area contributed by atoms with Gasteiger partial charge in [0.1, 0.15) is 5.84 Å². The Morgan fingerprint density at radius 3 is 2.72 bits per heavy atom. The van der Waals surface area contributed by atoms with Crippen LogP contribution in [0, 0.1) is 0 Å². The standard InChI is InChI=1S/C22H29ClN6/c1-29(24)13-8-17-5-3-7-19-20(17)28-22(9-11-25-12-10-22)21(27-19)26-15-16-4-2-6-18(23)14-16/h2-7,14,25,28H,8-13,15,24H2,1H3,(H,26,27). The van der Waals surface area contributed by atoms with Gasteiger partial charge < -0.3 is 16.0 Å². The summed E-state index contributed by atoms with van der Waals surface area (Å²) < 4.78 is 0. The lowest BCUT2D eigenvalue weighted by atomic mass is 9.84. The summed E-state index contributed by atoms with van der Waals surface area (Å²) in [6.45, 7) is 3.34. The van der Waals surface area contributed by atoms with E-state index in [4.69, 9.17) is 22.4 Å². The van der Waals surface area contributed by atoms with E-state index in [-0.39, 0.29) is 5.54 Å². The van der Waals surface area contributed by atoms with Gasteiger partial charge in [0.2, 0.25) is 0 Å². The summed E-state index contributed by atoms with van der Waals surface area (Å²) >= 11 is 6.15. The Bertz CT molecular complexity index is 889. The first-order valence-electron chi connectivity index (χ1n) is 10.2. The molecule has 29 heavy (non-hydrogen) atoms. The number of fused-ring (bicyclic) bond motifs is 1. The lowest BCUT2D eigenvalue weighted by molar-refractivity contribution is 0.354. The number of nitrogens with zero attached hydrogens (tertiary/aromatic N) is 2. The molecule has 4 rings (SSSR count). The maximum atomic E-state index is 6.15. The molecule has 2 heterocycles. The molecule has 2 aliphatic heterocycles. The number of likely N-dealkylation sites (N-methyl/N-ethyl adjacent to an activating group) is 1. The van der Waals surface area contributed by atoms with Crippen LogP contribution in [0.25, 0.3) is 0 Å². The average molecular weight is 413 g/mol. The van der Waals surface area contributed by atoms with Crippen molar-refractivity contribution in [3.63, 3.8) is 0 Å². The molecule has 0 unspecified atom stereocenters. The number of nitrogens with two attached hydrogens (primary N) is 1. The first kappa shape index (κ1) is 20.2. The van der Waals surface area contributed by atoms with Gasteiger partial charge in [0.05, 0.1) is 23.5 Å². The number of benzene rings is 2. The molecule has 0 amide bonds. The van der Waals surface area contributed by atoms with E-state index in [9.17, 15) is 0 Å². The third kappa shape index (κ3) is 4.56. The first-order valence-corrected chi connectivity index (χ1v) is 10.6. The van der Waals surface area contributed by atoms with Gasteiger partial charge in [-0.2, -0.15) is 0 Å². The summed E-state index contributed by atoms with van der Waals surface area (Å²) in [6.07, 6.45) is 2.87. The zero-order chi connectivity index (χ0) is 20.3. The molecular formula is C22H29ClN6. The highest BCUT2D eigenvalue weighted by atomic mass is 35.5. The number of hydrazine groups is 1. The highest BCUT2D eigenvalue weighted by molar-refractivity contribution is 6.30. The Labute approximate surface area is 177 Å². The normalized spacial score (nSPS) is 19.1. The number of halogens is 1. The minimum Gasteiger partial charge on any atom is -0.371 e. The van der Waals surface area contributed by atoms with Crippen molar-refractivity contribution in [1.29, 1.82) is 0 Å². The van der Waals surface area contributed by atoms with Crippen LogP contribution < -0.4 is 21.8 Å². The number of para-hydroxylation sites is 1. The highest BCUT2D eigenvalue weighted by Gasteiger charge is 2.41. The van der Waals surface area contributed by atoms with Crippen LogP contribution >= 0.6 is 11.6 Å². The monoisotopic (exact) mass is 412 g/mol. The molecule has 1 saturated heterocycles. The smallest absolute Gasteiger partial charge is 0.127 e. The molecule has 2 aliphatic rings. The molecule has 0 atom stereocenters. The van der Waals surface area contributed by atoms with E-state index in [0.29, 0.717) is 6.54 Å². The van der Waals surface area contributed by atoms with E-state index in [2.05, 4.69) is 40.2 Å². The molecule has 2 aromatic carbocycles. The minimum atomic E-state index is -0.179. The van der Waals surface area contributed by atoms with Crippen molar-refractivity contribution < 1.29 is 0 Å².